The Morgan fingerprint density at radius 3 is 2.54 bits per heavy atom. The van der Waals surface area contributed by atoms with Gasteiger partial charge in [-0.2, -0.15) is 0 Å². The Bertz CT molecular complexity index is 749. The van der Waals surface area contributed by atoms with Gasteiger partial charge in [0.2, 0.25) is 5.91 Å². The summed E-state index contributed by atoms with van der Waals surface area (Å²) >= 11 is 1.60. The standard InChI is InChI=1S/C20H22N2O3S/c1-25-12-16-7-9-17(10-8-16)20(24)22-14-26-13-18(22)19(23)21-11-15-5-3-2-4-6-15/h2-10,18H,11-14H2,1H3,(H,21,23). The van der Waals surface area contributed by atoms with Crippen molar-refractivity contribution in [3.63, 3.8) is 0 Å². The van der Waals surface area contributed by atoms with Crippen LogP contribution in [0.25, 0.3) is 0 Å². The van der Waals surface area contributed by atoms with Crippen LogP contribution in [-0.2, 0) is 22.7 Å². The average molecular weight is 370 g/mol. The number of amides is 2. The SMILES string of the molecule is COCc1ccc(C(=O)N2CSCC2C(=O)NCc2ccccc2)cc1. The van der Waals surface area contributed by atoms with E-state index >= 15 is 0 Å². The van der Waals surface area contributed by atoms with Gasteiger partial charge in [0, 0.05) is 25.0 Å². The van der Waals surface area contributed by atoms with Crippen LogP contribution < -0.4 is 5.32 Å². The molecule has 5 nitrogen and oxygen atoms in total. The van der Waals surface area contributed by atoms with Gasteiger partial charge in [0.25, 0.3) is 5.91 Å². The fraction of sp³-hybridized carbons (Fsp3) is 0.300. The fourth-order valence-electron chi connectivity index (χ4n) is 2.84. The third kappa shape index (κ3) is 4.45. The molecule has 1 heterocycles. The maximum absolute atomic E-state index is 12.8. The molecule has 1 fully saturated rings. The molecule has 3 rings (SSSR count). The van der Waals surface area contributed by atoms with Crippen molar-refractivity contribution in [1.29, 1.82) is 0 Å². The molecular formula is C20H22N2O3S. The number of methoxy groups -OCH3 is 1. The van der Waals surface area contributed by atoms with Gasteiger partial charge in [-0.3, -0.25) is 9.59 Å². The van der Waals surface area contributed by atoms with Crippen LogP contribution in [0.3, 0.4) is 0 Å². The Labute approximate surface area is 157 Å². The first-order valence-corrected chi connectivity index (χ1v) is 9.62. The summed E-state index contributed by atoms with van der Waals surface area (Å²) in [5, 5.41) is 2.94. The lowest BCUT2D eigenvalue weighted by Gasteiger charge is -2.23. The predicted molar refractivity (Wildman–Crippen MR) is 103 cm³/mol. The summed E-state index contributed by atoms with van der Waals surface area (Å²) in [6.07, 6.45) is 0. The second-order valence-corrected chi connectivity index (χ2v) is 7.12. The van der Waals surface area contributed by atoms with Crippen molar-refractivity contribution in [2.24, 2.45) is 0 Å². The lowest BCUT2D eigenvalue weighted by molar-refractivity contribution is -0.124. The number of hydrogen-bond acceptors (Lipinski definition) is 4. The Balaban J connectivity index is 1.63. The molecule has 0 saturated carbocycles. The second-order valence-electron chi connectivity index (χ2n) is 6.12. The number of nitrogens with zero attached hydrogens (tertiary/aromatic N) is 1. The van der Waals surface area contributed by atoms with Crippen LogP contribution in [0.15, 0.2) is 54.6 Å². The summed E-state index contributed by atoms with van der Waals surface area (Å²) in [6, 6.07) is 16.7. The zero-order chi connectivity index (χ0) is 18.4. The number of nitrogens with one attached hydrogen (secondary N) is 1. The van der Waals surface area contributed by atoms with Crippen LogP contribution in [0.4, 0.5) is 0 Å². The van der Waals surface area contributed by atoms with Crippen LogP contribution in [0.2, 0.25) is 0 Å². The molecule has 1 aliphatic rings. The highest BCUT2D eigenvalue weighted by Gasteiger charge is 2.34. The van der Waals surface area contributed by atoms with E-state index in [2.05, 4.69) is 5.32 Å². The summed E-state index contributed by atoms with van der Waals surface area (Å²) in [6.45, 7) is 0.979. The van der Waals surface area contributed by atoms with Gasteiger partial charge in [-0.25, -0.2) is 0 Å². The van der Waals surface area contributed by atoms with E-state index in [1.165, 1.54) is 0 Å². The van der Waals surface area contributed by atoms with Gasteiger partial charge in [0.1, 0.15) is 6.04 Å². The Morgan fingerprint density at radius 2 is 1.85 bits per heavy atom. The van der Waals surface area contributed by atoms with E-state index in [0.717, 1.165) is 11.1 Å². The highest BCUT2D eigenvalue weighted by atomic mass is 32.2. The predicted octanol–water partition coefficient (Wildman–Crippen LogP) is 2.66. The van der Waals surface area contributed by atoms with Crippen LogP contribution in [0.5, 0.6) is 0 Å². The molecule has 1 aliphatic heterocycles. The molecular weight excluding hydrogens is 348 g/mol. The topological polar surface area (TPSA) is 58.6 Å². The first-order valence-electron chi connectivity index (χ1n) is 8.47. The fourth-order valence-corrected chi connectivity index (χ4v) is 3.99. The quantitative estimate of drug-likeness (QED) is 0.849. The van der Waals surface area contributed by atoms with Crippen molar-refractivity contribution in [3.8, 4) is 0 Å². The van der Waals surface area contributed by atoms with Gasteiger partial charge in [0.05, 0.1) is 12.5 Å². The van der Waals surface area contributed by atoms with E-state index in [-0.39, 0.29) is 11.8 Å². The molecule has 1 unspecified atom stereocenters. The summed E-state index contributed by atoms with van der Waals surface area (Å²) < 4.78 is 5.09. The van der Waals surface area contributed by atoms with Crippen LogP contribution in [0.1, 0.15) is 21.5 Å². The van der Waals surface area contributed by atoms with E-state index in [9.17, 15) is 9.59 Å². The molecule has 1 saturated heterocycles. The van der Waals surface area contributed by atoms with Gasteiger partial charge in [-0.1, -0.05) is 42.5 Å². The molecule has 0 aliphatic carbocycles. The number of carbonyl (C=O) groups is 2. The summed E-state index contributed by atoms with van der Waals surface area (Å²) in [7, 11) is 1.64. The largest absolute Gasteiger partial charge is 0.380 e. The van der Waals surface area contributed by atoms with Crippen molar-refractivity contribution in [3.05, 3.63) is 71.3 Å². The first kappa shape index (κ1) is 18.5. The zero-order valence-corrected chi connectivity index (χ0v) is 15.5. The highest BCUT2D eigenvalue weighted by molar-refractivity contribution is 7.99. The van der Waals surface area contributed by atoms with E-state index in [1.807, 2.05) is 42.5 Å². The smallest absolute Gasteiger partial charge is 0.255 e. The molecule has 0 spiro atoms. The molecule has 1 N–H and O–H groups in total. The van der Waals surface area contributed by atoms with Crippen molar-refractivity contribution in [2.75, 3.05) is 18.7 Å². The minimum atomic E-state index is -0.435. The number of benzene rings is 2. The molecule has 0 bridgehead atoms. The Hall–Kier alpha value is -2.31. The molecule has 6 heteroatoms. The molecule has 2 aromatic carbocycles. The average Bonchev–Trinajstić information content (AvgIpc) is 3.17. The summed E-state index contributed by atoms with van der Waals surface area (Å²) in [5.41, 5.74) is 2.64. The molecule has 1 atom stereocenters. The minimum Gasteiger partial charge on any atom is -0.380 e. The van der Waals surface area contributed by atoms with Gasteiger partial charge in [-0.15, -0.1) is 11.8 Å². The minimum absolute atomic E-state index is 0.108. The lowest BCUT2D eigenvalue weighted by Crippen LogP contribution is -2.47. The van der Waals surface area contributed by atoms with Crippen molar-refractivity contribution in [1.82, 2.24) is 10.2 Å². The second kappa shape index (κ2) is 8.87. The van der Waals surface area contributed by atoms with E-state index in [1.54, 1.807) is 35.9 Å². The zero-order valence-electron chi connectivity index (χ0n) is 14.7. The molecule has 0 aromatic heterocycles. The highest BCUT2D eigenvalue weighted by Crippen LogP contribution is 2.23. The number of thioether (sulfide) groups is 1. The monoisotopic (exact) mass is 370 g/mol. The normalized spacial score (nSPS) is 16.5. The Morgan fingerprint density at radius 1 is 1.12 bits per heavy atom. The summed E-state index contributed by atoms with van der Waals surface area (Å²) in [5.74, 6) is 0.929. The van der Waals surface area contributed by atoms with E-state index in [0.29, 0.717) is 30.3 Å². The molecule has 2 amide bonds. The lowest BCUT2D eigenvalue weighted by atomic mass is 10.1. The van der Waals surface area contributed by atoms with Gasteiger partial charge >= 0.3 is 0 Å². The van der Waals surface area contributed by atoms with Crippen LogP contribution in [-0.4, -0.2) is 41.5 Å². The maximum Gasteiger partial charge on any atom is 0.255 e. The Kier molecular flexibility index (Phi) is 6.30. The number of hydrogen-bond donors (Lipinski definition) is 1. The van der Waals surface area contributed by atoms with Crippen molar-refractivity contribution in [2.45, 2.75) is 19.2 Å². The van der Waals surface area contributed by atoms with E-state index < -0.39 is 6.04 Å². The van der Waals surface area contributed by atoms with E-state index in [4.69, 9.17) is 4.74 Å². The van der Waals surface area contributed by atoms with Crippen molar-refractivity contribution < 1.29 is 14.3 Å². The third-order valence-electron chi connectivity index (χ3n) is 4.27. The number of ether oxygens (including phenoxy) is 1. The third-order valence-corrected chi connectivity index (χ3v) is 5.28. The van der Waals surface area contributed by atoms with Gasteiger partial charge in [-0.05, 0) is 23.3 Å². The molecule has 26 heavy (non-hydrogen) atoms. The van der Waals surface area contributed by atoms with Gasteiger partial charge < -0.3 is 15.0 Å². The first-order chi connectivity index (χ1) is 12.7. The van der Waals surface area contributed by atoms with Crippen LogP contribution in [0, 0.1) is 0 Å². The number of carbonyl (C=O) groups excluding carboxylic acids is 2. The molecule has 2 aromatic rings. The summed E-state index contributed by atoms with van der Waals surface area (Å²) in [4.78, 5) is 27.0. The molecule has 0 radical (unpaired) electrons. The molecule has 136 valence electrons. The number of rotatable bonds is 6. The van der Waals surface area contributed by atoms with Crippen LogP contribution >= 0.6 is 11.8 Å². The maximum atomic E-state index is 12.8. The van der Waals surface area contributed by atoms with Crippen molar-refractivity contribution >= 4 is 23.6 Å². The van der Waals surface area contributed by atoms with Gasteiger partial charge in [0.15, 0.2) is 0 Å².